The quantitative estimate of drug-likeness (QED) is 0.867. The minimum atomic E-state index is -0.604. The maximum atomic E-state index is 12.0. The second-order valence-electron chi connectivity index (χ2n) is 4.86. The summed E-state index contributed by atoms with van der Waals surface area (Å²) in [6.45, 7) is 3.76. The van der Waals surface area contributed by atoms with Gasteiger partial charge in [-0.05, 0) is 23.7 Å². The van der Waals surface area contributed by atoms with Crippen molar-refractivity contribution in [3.63, 3.8) is 0 Å². The standard InChI is InChI=1S/C13H19ClN2O4/c1-15(13(18)11-2-3-12(14)20-11)8-10(17)9-16-4-6-19-7-5-16/h2-3,10,17H,4-9H2,1H3. The second kappa shape index (κ2) is 7.08. The summed E-state index contributed by atoms with van der Waals surface area (Å²) in [4.78, 5) is 15.6. The number of β-amino-alcohol motifs (C(OH)–C–C–N with tert-alkyl or cyclic N) is 1. The van der Waals surface area contributed by atoms with Gasteiger partial charge in [-0.15, -0.1) is 0 Å². The molecule has 1 aliphatic rings. The molecule has 1 aliphatic heterocycles. The van der Waals surface area contributed by atoms with Gasteiger partial charge in [-0.1, -0.05) is 0 Å². The predicted octanol–water partition coefficient (Wildman–Crippen LogP) is 0.698. The number of rotatable bonds is 5. The molecule has 0 saturated carbocycles. The Labute approximate surface area is 122 Å². The highest BCUT2D eigenvalue weighted by molar-refractivity contribution is 6.29. The number of ether oxygens (including phenoxy) is 1. The molecule has 2 rings (SSSR count). The Morgan fingerprint density at radius 3 is 2.80 bits per heavy atom. The summed E-state index contributed by atoms with van der Waals surface area (Å²) in [5.74, 6) is -0.117. The van der Waals surface area contributed by atoms with Crippen molar-refractivity contribution in [1.29, 1.82) is 0 Å². The second-order valence-corrected chi connectivity index (χ2v) is 5.23. The molecule has 1 saturated heterocycles. The fourth-order valence-electron chi connectivity index (χ4n) is 2.16. The van der Waals surface area contributed by atoms with Gasteiger partial charge in [0.2, 0.25) is 0 Å². The molecule has 1 amide bonds. The molecule has 0 aliphatic carbocycles. The molecule has 0 bridgehead atoms. The maximum Gasteiger partial charge on any atom is 0.289 e. The van der Waals surface area contributed by atoms with E-state index in [4.69, 9.17) is 20.8 Å². The number of halogens is 1. The van der Waals surface area contributed by atoms with Crippen LogP contribution in [0.25, 0.3) is 0 Å². The van der Waals surface area contributed by atoms with E-state index in [9.17, 15) is 9.90 Å². The zero-order valence-corrected chi connectivity index (χ0v) is 12.2. The Kier molecular flexibility index (Phi) is 5.42. The van der Waals surface area contributed by atoms with Crippen LogP contribution in [0.3, 0.4) is 0 Å². The van der Waals surface area contributed by atoms with Gasteiger partial charge in [-0.25, -0.2) is 0 Å². The van der Waals surface area contributed by atoms with Crippen molar-refractivity contribution in [3.8, 4) is 0 Å². The lowest BCUT2D eigenvalue weighted by Crippen LogP contribution is -2.45. The summed E-state index contributed by atoms with van der Waals surface area (Å²) in [6, 6.07) is 3.04. The monoisotopic (exact) mass is 302 g/mol. The van der Waals surface area contributed by atoms with Crippen molar-refractivity contribution in [2.45, 2.75) is 6.10 Å². The fourth-order valence-corrected chi connectivity index (χ4v) is 2.30. The molecule has 0 spiro atoms. The van der Waals surface area contributed by atoms with Gasteiger partial charge in [0.1, 0.15) is 0 Å². The van der Waals surface area contributed by atoms with Gasteiger partial charge >= 0.3 is 0 Å². The van der Waals surface area contributed by atoms with Crippen LogP contribution in [0.2, 0.25) is 5.22 Å². The van der Waals surface area contributed by atoms with Crippen LogP contribution in [0.4, 0.5) is 0 Å². The van der Waals surface area contributed by atoms with E-state index in [0.29, 0.717) is 19.8 Å². The number of amides is 1. The van der Waals surface area contributed by atoms with E-state index in [2.05, 4.69) is 4.90 Å². The van der Waals surface area contributed by atoms with Crippen LogP contribution in [-0.4, -0.2) is 73.4 Å². The van der Waals surface area contributed by atoms with Crippen molar-refractivity contribution in [2.24, 2.45) is 0 Å². The number of furan rings is 1. The average Bonchev–Trinajstić information content (AvgIpc) is 2.85. The lowest BCUT2D eigenvalue weighted by Gasteiger charge is -2.29. The minimum Gasteiger partial charge on any atom is -0.440 e. The Balaban J connectivity index is 1.80. The van der Waals surface area contributed by atoms with E-state index < -0.39 is 6.10 Å². The van der Waals surface area contributed by atoms with Crippen molar-refractivity contribution < 1.29 is 19.1 Å². The number of carbonyl (C=O) groups is 1. The molecule has 1 aromatic rings. The third-order valence-corrected chi connectivity index (χ3v) is 3.39. The molecule has 6 nitrogen and oxygen atoms in total. The zero-order chi connectivity index (χ0) is 14.5. The maximum absolute atomic E-state index is 12.0. The summed E-state index contributed by atoms with van der Waals surface area (Å²) in [6.07, 6.45) is -0.604. The molecule has 0 aromatic carbocycles. The van der Waals surface area contributed by atoms with Crippen LogP contribution in [0.1, 0.15) is 10.6 Å². The third kappa shape index (κ3) is 4.21. The third-order valence-electron chi connectivity index (χ3n) is 3.19. The lowest BCUT2D eigenvalue weighted by molar-refractivity contribution is 0.00854. The highest BCUT2D eigenvalue weighted by Gasteiger charge is 2.20. The van der Waals surface area contributed by atoms with Crippen LogP contribution in [0, 0.1) is 0 Å². The SMILES string of the molecule is CN(CC(O)CN1CCOCC1)C(=O)c1ccc(Cl)o1. The van der Waals surface area contributed by atoms with Gasteiger partial charge < -0.3 is 19.2 Å². The van der Waals surface area contributed by atoms with Gasteiger partial charge in [0, 0.05) is 33.2 Å². The van der Waals surface area contributed by atoms with Gasteiger partial charge in [0.15, 0.2) is 11.0 Å². The van der Waals surface area contributed by atoms with Crippen molar-refractivity contribution in [3.05, 3.63) is 23.1 Å². The summed E-state index contributed by atoms with van der Waals surface area (Å²) < 4.78 is 10.3. The molecule has 1 fully saturated rings. The lowest BCUT2D eigenvalue weighted by atomic mass is 10.2. The molecule has 1 unspecified atom stereocenters. The summed E-state index contributed by atoms with van der Waals surface area (Å²) >= 11 is 5.64. The van der Waals surface area contributed by atoms with E-state index in [1.807, 2.05) is 0 Å². The highest BCUT2D eigenvalue weighted by Crippen LogP contribution is 2.14. The van der Waals surface area contributed by atoms with E-state index >= 15 is 0 Å². The normalized spacial score (nSPS) is 17.9. The minimum absolute atomic E-state index is 0.176. The molecule has 1 N–H and O–H groups in total. The molecule has 20 heavy (non-hydrogen) atoms. The largest absolute Gasteiger partial charge is 0.440 e. The van der Waals surface area contributed by atoms with Gasteiger partial charge in [0.05, 0.1) is 19.3 Å². The summed E-state index contributed by atoms with van der Waals surface area (Å²) in [5, 5.41) is 10.2. The fraction of sp³-hybridized carbons (Fsp3) is 0.615. The molecule has 2 heterocycles. The van der Waals surface area contributed by atoms with E-state index in [-0.39, 0.29) is 23.4 Å². The molecule has 1 aromatic heterocycles. The molecular weight excluding hydrogens is 284 g/mol. The first-order valence-electron chi connectivity index (χ1n) is 6.55. The van der Waals surface area contributed by atoms with Crippen molar-refractivity contribution in [2.75, 3.05) is 46.4 Å². The summed E-state index contributed by atoms with van der Waals surface area (Å²) in [7, 11) is 1.63. The number of hydrogen-bond acceptors (Lipinski definition) is 5. The topological polar surface area (TPSA) is 66.2 Å². The summed E-state index contributed by atoms with van der Waals surface area (Å²) in [5.41, 5.74) is 0. The van der Waals surface area contributed by atoms with E-state index in [0.717, 1.165) is 13.1 Å². The molecule has 1 atom stereocenters. The Morgan fingerprint density at radius 2 is 2.20 bits per heavy atom. The van der Waals surface area contributed by atoms with Crippen molar-refractivity contribution >= 4 is 17.5 Å². The van der Waals surface area contributed by atoms with Crippen LogP contribution in [0.15, 0.2) is 16.5 Å². The number of nitrogens with zero attached hydrogens (tertiary/aromatic N) is 2. The van der Waals surface area contributed by atoms with Crippen LogP contribution in [0.5, 0.6) is 0 Å². The predicted molar refractivity (Wildman–Crippen MR) is 73.9 cm³/mol. The van der Waals surface area contributed by atoms with E-state index in [1.165, 1.54) is 17.0 Å². The number of aliphatic hydroxyl groups excluding tert-OH is 1. The first-order valence-corrected chi connectivity index (χ1v) is 6.93. The average molecular weight is 303 g/mol. The Hall–Kier alpha value is -1.08. The first kappa shape index (κ1) is 15.3. The first-order chi connectivity index (χ1) is 9.56. The zero-order valence-electron chi connectivity index (χ0n) is 11.4. The van der Waals surface area contributed by atoms with Gasteiger partial charge in [-0.3, -0.25) is 9.69 Å². The molecule has 7 heteroatoms. The van der Waals surface area contributed by atoms with Crippen LogP contribution >= 0.6 is 11.6 Å². The van der Waals surface area contributed by atoms with Crippen LogP contribution in [-0.2, 0) is 4.74 Å². The Morgan fingerprint density at radius 1 is 1.50 bits per heavy atom. The Bertz CT molecular complexity index is 445. The van der Waals surface area contributed by atoms with Crippen molar-refractivity contribution in [1.82, 2.24) is 9.80 Å². The van der Waals surface area contributed by atoms with E-state index in [1.54, 1.807) is 7.05 Å². The van der Waals surface area contributed by atoms with Crippen LogP contribution < -0.4 is 0 Å². The highest BCUT2D eigenvalue weighted by atomic mass is 35.5. The number of hydrogen-bond donors (Lipinski definition) is 1. The number of aliphatic hydroxyl groups is 1. The molecule has 0 radical (unpaired) electrons. The number of likely N-dealkylation sites (N-methyl/N-ethyl adjacent to an activating group) is 1. The molecular formula is C13H19ClN2O4. The van der Waals surface area contributed by atoms with Gasteiger partial charge in [0.25, 0.3) is 5.91 Å². The van der Waals surface area contributed by atoms with Gasteiger partial charge in [-0.2, -0.15) is 0 Å². The smallest absolute Gasteiger partial charge is 0.289 e. The number of morpholine rings is 1. The molecule has 112 valence electrons. The number of carbonyl (C=O) groups excluding carboxylic acids is 1.